The van der Waals surface area contributed by atoms with Crippen molar-refractivity contribution < 1.29 is 10.8 Å². The van der Waals surface area contributed by atoms with E-state index < -0.39 is 5.79 Å². The maximum atomic E-state index is 7.53. The number of allylic oxidation sites excluding steroid dienone is 2. The summed E-state index contributed by atoms with van der Waals surface area (Å²) in [4.78, 5) is 0. The van der Waals surface area contributed by atoms with Gasteiger partial charge in [0.05, 0.1) is 1.37 Å². The minimum atomic E-state index is -0.522. The van der Waals surface area contributed by atoms with Gasteiger partial charge >= 0.3 is 0 Å². The maximum Gasteiger partial charge on any atom is 0.164 e. The van der Waals surface area contributed by atoms with E-state index in [-0.39, 0.29) is 12.2 Å². The molecule has 1 saturated heterocycles. The van der Waals surface area contributed by atoms with Gasteiger partial charge in [-0.2, -0.15) is 0 Å². The molecule has 0 aromatic rings. The summed E-state index contributed by atoms with van der Waals surface area (Å²) in [6.07, 6.45) is 3.55. The predicted octanol–water partition coefficient (Wildman–Crippen LogP) is 2.02. The fraction of sp³-hybridized carbons (Fsp3) is 0.600. The van der Waals surface area contributed by atoms with Crippen LogP contribution in [-0.4, -0.2) is 18.0 Å². The van der Waals surface area contributed by atoms with Gasteiger partial charge < -0.3 is 9.47 Å². The minimum absolute atomic E-state index is 0.00380. The number of rotatable bonds is 0. The Balaban J connectivity index is 2.28. The summed E-state index contributed by atoms with van der Waals surface area (Å²) in [6, 6.07) is 0.514. The van der Waals surface area contributed by atoms with Gasteiger partial charge in [-0.3, -0.25) is 0 Å². The van der Waals surface area contributed by atoms with Crippen LogP contribution < -0.4 is 0 Å². The van der Waals surface area contributed by atoms with Crippen LogP contribution in [0.4, 0.5) is 0 Å². The maximum absolute atomic E-state index is 7.53. The van der Waals surface area contributed by atoms with E-state index in [1.165, 1.54) is 0 Å². The molecule has 2 heteroatoms. The molecule has 0 N–H and O–H groups in total. The molecule has 2 nitrogen and oxygen atoms in total. The average Bonchev–Trinajstić information content (AvgIpc) is 2.23. The van der Waals surface area contributed by atoms with Crippen molar-refractivity contribution in [2.75, 3.05) is 0 Å². The Kier molecular flexibility index (Phi) is 1.40. The average molecular weight is 167 g/mol. The summed E-state index contributed by atoms with van der Waals surface area (Å²) in [5.41, 5.74) is 1.07. The van der Waals surface area contributed by atoms with Gasteiger partial charge in [0.25, 0.3) is 0 Å². The monoisotopic (exact) mass is 167 g/mol. The highest BCUT2D eigenvalue weighted by molar-refractivity contribution is 5.25. The minimum Gasteiger partial charge on any atom is -0.340 e. The van der Waals surface area contributed by atoms with E-state index in [2.05, 4.69) is 0 Å². The van der Waals surface area contributed by atoms with Crippen LogP contribution in [0, 0.1) is 0 Å². The number of ether oxygens (including phenoxy) is 2. The fourth-order valence-corrected chi connectivity index (χ4v) is 1.62. The highest BCUT2D eigenvalue weighted by atomic mass is 16.7. The molecule has 0 unspecified atom stereocenters. The van der Waals surface area contributed by atoms with Gasteiger partial charge in [0, 0.05) is 0 Å². The van der Waals surface area contributed by atoms with Crippen LogP contribution in [0.25, 0.3) is 0 Å². The molecule has 2 rings (SSSR count). The van der Waals surface area contributed by atoms with Crippen LogP contribution in [0.1, 0.15) is 22.1 Å². The second-order valence-electron chi connectivity index (χ2n) is 3.74. The van der Waals surface area contributed by atoms with Crippen molar-refractivity contribution in [3.8, 4) is 0 Å². The highest BCUT2D eigenvalue weighted by Gasteiger charge is 2.41. The molecule has 1 fully saturated rings. The first-order valence-corrected chi connectivity index (χ1v) is 4.20. The Hall–Kier alpha value is -0.600. The Morgan fingerprint density at radius 3 is 3.00 bits per heavy atom. The topological polar surface area (TPSA) is 18.5 Å². The second-order valence-corrected chi connectivity index (χ2v) is 3.74. The van der Waals surface area contributed by atoms with Crippen molar-refractivity contribution in [1.82, 2.24) is 0 Å². The summed E-state index contributed by atoms with van der Waals surface area (Å²) >= 11 is 0. The zero-order chi connectivity index (χ0) is 9.64. The van der Waals surface area contributed by atoms with Crippen LogP contribution in [-0.2, 0) is 9.47 Å². The molecule has 0 saturated carbocycles. The molecule has 1 aliphatic carbocycles. The lowest BCUT2D eigenvalue weighted by Gasteiger charge is -2.17. The van der Waals surface area contributed by atoms with Crippen molar-refractivity contribution in [3.05, 3.63) is 23.8 Å². The Labute approximate surface area is 74.3 Å². The Morgan fingerprint density at radius 1 is 1.50 bits per heavy atom. The fourth-order valence-electron chi connectivity index (χ4n) is 1.62. The number of fused-ring (bicyclic) bond motifs is 1. The lowest BCUT2D eigenvalue weighted by Crippen LogP contribution is -2.23. The van der Waals surface area contributed by atoms with E-state index in [9.17, 15) is 0 Å². The smallest absolute Gasteiger partial charge is 0.164 e. The largest absolute Gasteiger partial charge is 0.340 e. The van der Waals surface area contributed by atoms with Crippen molar-refractivity contribution in [2.45, 2.75) is 38.8 Å². The molecule has 2 aliphatic rings. The Morgan fingerprint density at radius 2 is 2.25 bits per heavy atom. The van der Waals surface area contributed by atoms with Gasteiger partial charge in [-0.1, -0.05) is 18.2 Å². The molecule has 1 aliphatic heterocycles. The van der Waals surface area contributed by atoms with Gasteiger partial charge in [-0.15, -0.1) is 0 Å². The quantitative estimate of drug-likeness (QED) is 0.549. The standard InChI is InChI=1S/C10H14O2/c1-7-5-4-6-8-9(7)12-10(2,3)11-8/h4-6,8-9H,1-3H3/t8-,9+/m0/s1/i4D. The van der Waals surface area contributed by atoms with E-state index in [1.807, 2.05) is 26.8 Å². The summed E-state index contributed by atoms with van der Waals surface area (Å²) in [7, 11) is 0. The van der Waals surface area contributed by atoms with Crippen molar-refractivity contribution >= 4 is 0 Å². The number of hydrogen-bond acceptors (Lipinski definition) is 2. The molecule has 0 aromatic carbocycles. The molecule has 0 spiro atoms. The van der Waals surface area contributed by atoms with Crippen LogP contribution >= 0.6 is 0 Å². The van der Waals surface area contributed by atoms with E-state index in [0.29, 0.717) is 6.05 Å². The van der Waals surface area contributed by atoms with Gasteiger partial charge in [-0.05, 0) is 26.3 Å². The van der Waals surface area contributed by atoms with Crippen LogP contribution in [0.2, 0.25) is 0 Å². The van der Waals surface area contributed by atoms with Gasteiger partial charge in [0.15, 0.2) is 5.79 Å². The predicted molar refractivity (Wildman–Crippen MR) is 46.7 cm³/mol. The molecular weight excluding hydrogens is 152 g/mol. The molecule has 12 heavy (non-hydrogen) atoms. The first kappa shape index (κ1) is 6.87. The highest BCUT2D eigenvalue weighted by Crippen LogP contribution is 2.34. The third-order valence-corrected chi connectivity index (χ3v) is 2.15. The molecule has 1 heterocycles. The first-order chi connectivity index (χ1) is 5.98. The second kappa shape index (κ2) is 2.44. The lowest BCUT2D eigenvalue weighted by molar-refractivity contribution is -0.139. The van der Waals surface area contributed by atoms with Gasteiger partial charge in [0.1, 0.15) is 12.2 Å². The molecule has 0 radical (unpaired) electrons. The first-order valence-electron chi connectivity index (χ1n) is 4.70. The Bertz CT molecular complexity index is 291. The number of hydrogen-bond donors (Lipinski definition) is 0. The van der Waals surface area contributed by atoms with E-state index in [4.69, 9.17) is 10.8 Å². The molecular formula is C10H14O2. The van der Waals surface area contributed by atoms with Crippen LogP contribution in [0.5, 0.6) is 0 Å². The molecule has 0 aromatic heterocycles. The summed E-state index contributed by atoms with van der Waals surface area (Å²) in [5.74, 6) is -0.522. The summed E-state index contributed by atoms with van der Waals surface area (Å²) in [5, 5.41) is 0. The lowest BCUT2D eigenvalue weighted by atomic mass is 10.0. The van der Waals surface area contributed by atoms with Gasteiger partial charge in [-0.25, -0.2) is 0 Å². The van der Waals surface area contributed by atoms with Crippen molar-refractivity contribution in [2.24, 2.45) is 0 Å². The molecule has 0 amide bonds. The van der Waals surface area contributed by atoms with E-state index in [0.717, 1.165) is 5.57 Å². The van der Waals surface area contributed by atoms with Crippen molar-refractivity contribution in [1.29, 1.82) is 0 Å². The zero-order valence-electron chi connectivity index (χ0n) is 8.63. The summed E-state index contributed by atoms with van der Waals surface area (Å²) in [6.45, 7) is 5.77. The molecule has 2 atom stereocenters. The molecule has 0 bridgehead atoms. The normalized spacial score (nSPS) is 39.8. The van der Waals surface area contributed by atoms with Crippen LogP contribution in [0.15, 0.2) is 23.8 Å². The summed E-state index contributed by atoms with van der Waals surface area (Å²) < 4.78 is 18.9. The van der Waals surface area contributed by atoms with E-state index in [1.54, 1.807) is 6.08 Å². The SMILES string of the molecule is [2H]C1=C[C@@H]2OC(C)(C)O[C@@H]2C(C)=C1. The van der Waals surface area contributed by atoms with Crippen LogP contribution in [0.3, 0.4) is 0 Å². The third-order valence-electron chi connectivity index (χ3n) is 2.15. The van der Waals surface area contributed by atoms with Gasteiger partial charge in [0.2, 0.25) is 0 Å². The van der Waals surface area contributed by atoms with Crippen molar-refractivity contribution in [3.63, 3.8) is 0 Å². The van der Waals surface area contributed by atoms with E-state index >= 15 is 0 Å². The zero-order valence-corrected chi connectivity index (χ0v) is 7.63. The third kappa shape index (κ3) is 1.21. The molecule has 66 valence electrons.